The minimum Gasteiger partial charge on any atom is -0.481 e. The van der Waals surface area contributed by atoms with E-state index in [4.69, 9.17) is 10.5 Å². The molecule has 6 heteroatoms. The van der Waals surface area contributed by atoms with Gasteiger partial charge >= 0.3 is 0 Å². The molecule has 17 heavy (non-hydrogen) atoms. The maximum absolute atomic E-state index is 5.45. The topological polar surface area (TPSA) is 86.0 Å². The summed E-state index contributed by atoms with van der Waals surface area (Å²) in [6.07, 6.45) is 1.69. The Bertz CT molecular complexity index is 485. The number of aromatic nitrogens is 3. The van der Waals surface area contributed by atoms with Gasteiger partial charge in [-0.15, -0.1) is 10.2 Å². The minimum absolute atomic E-state index is 0.398. The van der Waals surface area contributed by atoms with Crippen LogP contribution in [0, 0.1) is 0 Å². The van der Waals surface area contributed by atoms with Gasteiger partial charge in [-0.3, -0.25) is 0 Å². The quantitative estimate of drug-likeness (QED) is 0.818. The van der Waals surface area contributed by atoms with E-state index < -0.39 is 0 Å². The molecule has 0 atom stereocenters. The summed E-state index contributed by atoms with van der Waals surface area (Å²) in [6.45, 7) is 0.565. The van der Waals surface area contributed by atoms with Gasteiger partial charge in [0.05, 0.1) is 7.11 Å². The van der Waals surface area contributed by atoms with Crippen molar-refractivity contribution in [2.24, 2.45) is 0 Å². The Morgan fingerprint density at radius 1 is 1.29 bits per heavy atom. The summed E-state index contributed by atoms with van der Waals surface area (Å²) in [5.41, 5.74) is 6.40. The highest BCUT2D eigenvalue weighted by molar-refractivity contribution is 5.40. The first-order valence-corrected chi connectivity index (χ1v) is 5.10. The van der Waals surface area contributed by atoms with Crippen LogP contribution in [0.1, 0.15) is 5.56 Å². The van der Waals surface area contributed by atoms with Crippen LogP contribution >= 0.6 is 0 Å². The van der Waals surface area contributed by atoms with E-state index in [1.54, 1.807) is 25.4 Å². The first-order chi connectivity index (χ1) is 8.29. The molecule has 0 aliphatic rings. The van der Waals surface area contributed by atoms with Gasteiger partial charge in [0.2, 0.25) is 5.88 Å². The summed E-state index contributed by atoms with van der Waals surface area (Å²) in [5, 5.41) is 10.8. The SMILES string of the molecule is COc1ncccc1CNc1ccc(N)nn1. The third-order valence-corrected chi connectivity index (χ3v) is 2.19. The predicted octanol–water partition coefficient (Wildman–Crippen LogP) is 1.07. The number of nitrogens with zero attached hydrogens (tertiary/aromatic N) is 3. The summed E-state index contributed by atoms with van der Waals surface area (Å²) in [7, 11) is 1.59. The van der Waals surface area contributed by atoms with E-state index in [0.29, 0.717) is 24.1 Å². The molecule has 2 aromatic rings. The Hall–Kier alpha value is -2.37. The van der Waals surface area contributed by atoms with Gasteiger partial charge in [-0.1, -0.05) is 6.07 Å². The normalized spacial score (nSPS) is 9.94. The molecule has 0 aromatic carbocycles. The van der Waals surface area contributed by atoms with E-state index in [-0.39, 0.29) is 0 Å². The summed E-state index contributed by atoms with van der Waals surface area (Å²) in [6, 6.07) is 7.25. The number of hydrogen-bond donors (Lipinski definition) is 2. The molecule has 0 unspecified atom stereocenters. The number of pyridine rings is 1. The fourth-order valence-corrected chi connectivity index (χ4v) is 1.37. The number of nitrogens with two attached hydrogens (primary N) is 1. The van der Waals surface area contributed by atoms with E-state index in [1.807, 2.05) is 12.1 Å². The van der Waals surface area contributed by atoms with Crippen molar-refractivity contribution in [1.82, 2.24) is 15.2 Å². The Kier molecular flexibility index (Phi) is 3.34. The predicted molar refractivity (Wildman–Crippen MR) is 64.6 cm³/mol. The number of nitrogens with one attached hydrogen (secondary N) is 1. The summed E-state index contributed by atoms with van der Waals surface area (Å²) >= 11 is 0. The molecule has 0 fully saturated rings. The Balaban J connectivity index is 2.04. The minimum atomic E-state index is 0.398. The lowest BCUT2D eigenvalue weighted by atomic mass is 10.2. The van der Waals surface area contributed by atoms with Crippen LogP contribution < -0.4 is 15.8 Å². The molecular formula is C11H13N5O. The molecule has 0 aliphatic carbocycles. The summed E-state index contributed by atoms with van der Waals surface area (Å²) < 4.78 is 5.15. The zero-order valence-corrected chi connectivity index (χ0v) is 9.42. The van der Waals surface area contributed by atoms with E-state index in [9.17, 15) is 0 Å². The van der Waals surface area contributed by atoms with Gasteiger partial charge in [0.15, 0.2) is 0 Å². The van der Waals surface area contributed by atoms with Gasteiger partial charge in [0.1, 0.15) is 11.6 Å². The second-order valence-electron chi connectivity index (χ2n) is 3.37. The first kappa shape index (κ1) is 11.1. The highest BCUT2D eigenvalue weighted by Crippen LogP contribution is 2.15. The monoisotopic (exact) mass is 231 g/mol. The van der Waals surface area contributed by atoms with Gasteiger partial charge in [0, 0.05) is 18.3 Å². The van der Waals surface area contributed by atoms with Crippen molar-refractivity contribution >= 4 is 11.6 Å². The highest BCUT2D eigenvalue weighted by Gasteiger charge is 2.03. The largest absolute Gasteiger partial charge is 0.481 e. The number of anilines is 2. The lowest BCUT2D eigenvalue weighted by Gasteiger charge is -2.08. The number of hydrogen-bond acceptors (Lipinski definition) is 6. The zero-order chi connectivity index (χ0) is 12.1. The van der Waals surface area contributed by atoms with E-state index in [0.717, 1.165) is 5.56 Å². The molecule has 0 aliphatic heterocycles. The summed E-state index contributed by atoms with van der Waals surface area (Å²) in [4.78, 5) is 4.11. The van der Waals surface area contributed by atoms with Crippen LogP contribution in [0.2, 0.25) is 0 Å². The second-order valence-corrected chi connectivity index (χ2v) is 3.37. The lowest BCUT2D eigenvalue weighted by molar-refractivity contribution is 0.393. The van der Waals surface area contributed by atoms with Gasteiger partial charge in [-0.05, 0) is 18.2 Å². The molecule has 0 saturated carbocycles. The van der Waals surface area contributed by atoms with Crippen LogP contribution in [0.25, 0.3) is 0 Å². The molecule has 2 aromatic heterocycles. The van der Waals surface area contributed by atoms with Gasteiger partial charge in [-0.2, -0.15) is 0 Å². The van der Waals surface area contributed by atoms with Crippen molar-refractivity contribution in [3.63, 3.8) is 0 Å². The average molecular weight is 231 g/mol. The second kappa shape index (κ2) is 5.11. The van der Waals surface area contributed by atoms with Crippen LogP contribution in [-0.2, 0) is 6.54 Å². The van der Waals surface area contributed by atoms with Crippen molar-refractivity contribution in [2.75, 3.05) is 18.2 Å². The third-order valence-electron chi connectivity index (χ3n) is 2.19. The number of nitrogen functional groups attached to an aromatic ring is 1. The van der Waals surface area contributed by atoms with Crippen LogP contribution in [0.3, 0.4) is 0 Å². The zero-order valence-electron chi connectivity index (χ0n) is 9.42. The van der Waals surface area contributed by atoms with Crippen molar-refractivity contribution in [2.45, 2.75) is 6.54 Å². The van der Waals surface area contributed by atoms with Crippen molar-refractivity contribution in [3.8, 4) is 5.88 Å². The van der Waals surface area contributed by atoms with E-state index in [2.05, 4.69) is 20.5 Å². The third kappa shape index (κ3) is 2.81. The van der Waals surface area contributed by atoms with E-state index >= 15 is 0 Å². The molecule has 3 N–H and O–H groups in total. The van der Waals surface area contributed by atoms with Crippen molar-refractivity contribution in [1.29, 1.82) is 0 Å². The molecule has 0 spiro atoms. The van der Waals surface area contributed by atoms with Gasteiger partial charge in [-0.25, -0.2) is 4.98 Å². The number of ether oxygens (including phenoxy) is 1. The lowest BCUT2D eigenvalue weighted by Crippen LogP contribution is -2.05. The fourth-order valence-electron chi connectivity index (χ4n) is 1.37. The number of methoxy groups -OCH3 is 1. The Morgan fingerprint density at radius 3 is 2.88 bits per heavy atom. The first-order valence-electron chi connectivity index (χ1n) is 5.10. The molecular weight excluding hydrogens is 218 g/mol. The van der Waals surface area contributed by atoms with Crippen molar-refractivity contribution in [3.05, 3.63) is 36.0 Å². The van der Waals surface area contributed by atoms with Gasteiger partial charge in [0.25, 0.3) is 0 Å². The molecule has 0 radical (unpaired) electrons. The highest BCUT2D eigenvalue weighted by atomic mass is 16.5. The van der Waals surface area contributed by atoms with Crippen LogP contribution in [0.15, 0.2) is 30.5 Å². The maximum Gasteiger partial charge on any atom is 0.218 e. The molecule has 0 amide bonds. The fraction of sp³-hybridized carbons (Fsp3) is 0.182. The smallest absolute Gasteiger partial charge is 0.218 e. The molecule has 0 saturated heterocycles. The number of rotatable bonds is 4. The van der Waals surface area contributed by atoms with E-state index in [1.165, 1.54) is 0 Å². The average Bonchev–Trinajstić information content (AvgIpc) is 2.38. The summed E-state index contributed by atoms with van der Waals surface area (Å²) in [5.74, 6) is 1.66. The molecule has 88 valence electrons. The Labute approximate surface area is 98.8 Å². The Morgan fingerprint density at radius 2 is 2.18 bits per heavy atom. The van der Waals surface area contributed by atoms with Crippen molar-refractivity contribution < 1.29 is 4.74 Å². The van der Waals surface area contributed by atoms with Crippen LogP contribution in [0.5, 0.6) is 5.88 Å². The molecule has 2 heterocycles. The standard InChI is InChI=1S/C11H13N5O/c1-17-11-8(3-2-6-13-11)7-14-10-5-4-9(12)15-16-10/h2-6H,7H2,1H3,(H2,12,15)(H,14,16). The van der Waals surface area contributed by atoms with Gasteiger partial charge < -0.3 is 15.8 Å². The maximum atomic E-state index is 5.45. The molecule has 0 bridgehead atoms. The molecule has 6 nitrogen and oxygen atoms in total. The molecule has 2 rings (SSSR count). The van der Waals surface area contributed by atoms with Crippen LogP contribution in [0.4, 0.5) is 11.6 Å². The van der Waals surface area contributed by atoms with Crippen LogP contribution in [-0.4, -0.2) is 22.3 Å².